The molecule has 0 aromatic heterocycles. The standard InChI is InChI=1S/C8H3F2NO/c9-5-2-1-3-6(10)8(5)7(12)4-11/h1-3H. The minimum Gasteiger partial charge on any atom is -0.277 e. The topological polar surface area (TPSA) is 40.9 Å². The quantitative estimate of drug-likeness (QED) is 0.471. The van der Waals surface area contributed by atoms with Gasteiger partial charge in [0.25, 0.3) is 5.78 Å². The fraction of sp³-hybridized carbons (Fsp3) is 0. The van der Waals surface area contributed by atoms with Gasteiger partial charge in [0.05, 0.1) is 0 Å². The predicted octanol–water partition coefficient (Wildman–Crippen LogP) is 1.67. The van der Waals surface area contributed by atoms with E-state index in [0.29, 0.717) is 0 Å². The summed E-state index contributed by atoms with van der Waals surface area (Å²) in [6, 6.07) is 4.12. The molecule has 0 aliphatic carbocycles. The van der Waals surface area contributed by atoms with E-state index in [1.165, 1.54) is 0 Å². The van der Waals surface area contributed by atoms with E-state index in [1.54, 1.807) is 0 Å². The molecule has 0 aliphatic heterocycles. The summed E-state index contributed by atoms with van der Waals surface area (Å²) < 4.78 is 25.4. The van der Waals surface area contributed by atoms with Gasteiger partial charge in [0.2, 0.25) is 0 Å². The van der Waals surface area contributed by atoms with Crippen LogP contribution in [0.2, 0.25) is 0 Å². The summed E-state index contributed by atoms with van der Waals surface area (Å²) in [5, 5.41) is 8.10. The van der Waals surface area contributed by atoms with E-state index in [-0.39, 0.29) is 0 Å². The average molecular weight is 167 g/mol. The van der Waals surface area contributed by atoms with Gasteiger partial charge in [-0.25, -0.2) is 8.78 Å². The lowest BCUT2D eigenvalue weighted by molar-refractivity contribution is 0.104. The van der Waals surface area contributed by atoms with Crippen molar-refractivity contribution in [3.63, 3.8) is 0 Å². The molecule has 1 aromatic carbocycles. The van der Waals surface area contributed by atoms with Gasteiger partial charge in [0.15, 0.2) is 0 Å². The molecule has 0 atom stereocenters. The summed E-state index contributed by atoms with van der Waals surface area (Å²) in [5.74, 6) is -3.23. The van der Waals surface area contributed by atoms with Crippen molar-refractivity contribution < 1.29 is 13.6 Å². The highest BCUT2D eigenvalue weighted by atomic mass is 19.1. The number of ketones is 1. The number of hydrogen-bond donors (Lipinski definition) is 0. The Morgan fingerprint density at radius 1 is 1.33 bits per heavy atom. The maximum atomic E-state index is 12.7. The zero-order valence-electron chi connectivity index (χ0n) is 5.84. The molecule has 12 heavy (non-hydrogen) atoms. The monoisotopic (exact) mass is 167 g/mol. The van der Waals surface area contributed by atoms with Crippen LogP contribution >= 0.6 is 0 Å². The molecule has 2 nitrogen and oxygen atoms in total. The number of nitriles is 1. The Bertz CT molecular complexity index is 348. The van der Waals surface area contributed by atoms with Gasteiger partial charge in [-0.2, -0.15) is 5.26 Å². The molecule has 0 spiro atoms. The number of hydrogen-bond acceptors (Lipinski definition) is 2. The van der Waals surface area contributed by atoms with Crippen molar-refractivity contribution in [1.29, 1.82) is 5.26 Å². The van der Waals surface area contributed by atoms with Crippen molar-refractivity contribution >= 4 is 5.78 Å². The fourth-order valence-electron chi connectivity index (χ4n) is 0.771. The Morgan fingerprint density at radius 2 is 1.83 bits per heavy atom. The summed E-state index contributed by atoms with van der Waals surface area (Å²) in [6.07, 6.45) is 0. The summed E-state index contributed by atoms with van der Waals surface area (Å²) in [4.78, 5) is 10.6. The van der Waals surface area contributed by atoms with Gasteiger partial charge in [0.1, 0.15) is 23.3 Å². The molecule has 0 radical (unpaired) electrons. The van der Waals surface area contributed by atoms with Crippen LogP contribution in [-0.4, -0.2) is 5.78 Å². The van der Waals surface area contributed by atoms with Crippen molar-refractivity contribution in [3.8, 4) is 6.07 Å². The number of halogens is 2. The van der Waals surface area contributed by atoms with E-state index in [1.807, 2.05) is 0 Å². The highest BCUT2D eigenvalue weighted by molar-refractivity contribution is 6.07. The number of carbonyl (C=O) groups is 1. The summed E-state index contributed by atoms with van der Waals surface area (Å²) in [7, 11) is 0. The van der Waals surface area contributed by atoms with Gasteiger partial charge < -0.3 is 0 Å². The van der Waals surface area contributed by atoms with Gasteiger partial charge >= 0.3 is 0 Å². The van der Waals surface area contributed by atoms with Crippen LogP contribution in [0.1, 0.15) is 10.4 Å². The lowest BCUT2D eigenvalue weighted by atomic mass is 10.1. The van der Waals surface area contributed by atoms with Crippen LogP contribution in [0.3, 0.4) is 0 Å². The normalized spacial score (nSPS) is 9.08. The van der Waals surface area contributed by atoms with Crippen LogP contribution in [-0.2, 0) is 0 Å². The van der Waals surface area contributed by atoms with Crippen molar-refractivity contribution in [2.75, 3.05) is 0 Å². The van der Waals surface area contributed by atoms with Crippen molar-refractivity contribution in [2.24, 2.45) is 0 Å². The van der Waals surface area contributed by atoms with Gasteiger partial charge in [-0.3, -0.25) is 4.79 Å². The first kappa shape index (κ1) is 8.34. The minimum absolute atomic E-state index is 0.792. The smallest absolute Gasteiger partial charge is 0.268 e. The van der Waals surface area contributed by atoms with Crippen LogP contribution in [0.15, 0.2) is 18.2 Å². The van der Waals surface area contributed by atoms with Gasteiger partial charge in [-0.15, -0.1) is 0 Å². The first-order chi connectivity index (χ1) is 5.66. The maximum absolute atomic E-state index is 12.7. The lowest BCUT2D eigenvalue weighted by Crippen LogP contribution is -2.02. The summed E-state index contributed by atoms with van der Waals surface area (Å²) in [6.45, 7) is 0. The Labute approximate surface area is 67.0 Å². The van der Waals surface area contributed by atoms with E-state index in [2.05, 4.69) is 0 Å². The van der Waals surface area contributed by atoms with Crippen molar-refractivity contribution in [2.45, 2.75) is 0 Å². The Hall–Kier alpha value is -1.76. The molecule has 1 rings (SSSR count). The van der Waals surface area contributed by atoms with E-state index < -0.39 is 23.0 Å². The van der Waals surface area contributed by atoms with E-state index in [0.717, 1.165) is 24.3 Å². The summed E-state index contributed by atoms with van der Waals surface area (Å²) in [5.41, 5.74) is -0.792. The first-order valence-corrected chi connectivity index (χ1v) is 3.05. The van der Waals surface area contributed by atoms with Crippen LogP contribution in [0.5, 0.6) is 0 Å². The number of Topliss-reactive ketones (excluding diaryl/α,β-unsaturated/α-hetero) is 1. The van der Waals surface area contributed by atoms with E-state index in [4.69, 9.17) is 5.26 Å². The number of rotatable bonds is 1. The second kappa shape index (κ2) is 3.09. The molecule has 1 aromatic rings. The lowest BCUT2D eigenvalue weighted by Gasteiger charge is -1.96. The molecule has 0 heterocycles. The van der Waals surface area contributed by atoms with Crippen molar-refractivity contribution in [1.82, 2.24) is 0 Å². The summed E-state index contributed by atoms with van der Waals surface area (Å²) >= 11 is 0. The Kier molecular flexibility index (Phi) is 2.15. The molecule has 0 saturated heterocycles. The molecule has 0 aliphatic rings. The largest absolute Gasteiger partial charge is 0.277 e. The molecular weight excluding hydrogens is 164 g/mol. The molecule has 60 valence electrons. The first-order valence-electron chi connectivity index (χ1n) is 3.05. The third-order valence-electron chi connectivity index (χ3n) is 1.29. The average Bonchev–Trinajstić information content (AvgIpc) is 2.03. The second-order valence-corrected chi connectivity index (χ2v) is 2.04. The fourth-order valence-corrected chi connectivity index (χ4v) is 0.771. The third kappa shape index (κ3) is 1.30. The van der Waals surface area contributed by atoms with Crippen LogP contribution in [0, 0.1) is 23.0 Å². The third-order valence-corrected chi connectivity index (χ3v) is 1.29. The molecule has 4 heteroatoms. The van der Waals surface area contributed by atoms with Crippen molar-refractivity contribution in [3.05, 3.63) is 35.4 Å². The molecule has 0 saturated carbocycles. The molecule has 0 N–H and O–H groups in total. The molecule has 0 amide bonds. The Balaban J connectivity index is 3.33. The molecule has 0 fully saturated rings. The molecule has 0 bridgehead atoms. The molecule has 0 unspecified atom stereocenters. The predicted molar refractivity (Wildman–Crippen MR) is 36.3 cm³/mol. The van der Waals surface area contributed by atoms with Gasteiger partial charge in [-0.1, -0.05) is 6.07 Å². The second-order valence-electron chi connectivity index (χ2n) is 2.04. The number of carbonyl (C=O) groups excluding carboxylic acids is 1. The number of benzene rings is 1. The van der Waals surface area contributed by atoms with Crippen LogP contribution in [0.25, 0.3) is 0 Å². The van der Waals surface area contributed by atoms with E-state index >= 15 is 0 Å². The highest BCUT2D eigenvalue weighted by Crippen LogP contribution is 2.11. The van der Waals surface area contributed by atoms with Crippen LogP contribution in [0.4, 0.5) is 8.78 Å². The highest BCUT2D eigenvalue weighted by Gasteiger charge is 2.15. The number of nitrogens with zero attached hydrogens (tertiary/aromatic N) is 1. The maximum Gasteiger partial charge on any atom is 0.268 e. The van der Waals surface area contributed by atoms with Crippen LogP contribution < -0.4 is 0 Å². The Morgan fingerprint density at radius 3 is 2.25 bits per heavy atom. The minimum atomic E-state index is -1.20. The zero-order valence-corrected chi connectivity index (χ0v) is 5.84. The van der Waals surface area contributed by atoms with E-state index in [9.17, 15) is 13.6 Å². The van der Waals surface area contributed by atoms with Gasteiger partial charge in [0, 0.05) is 0 Å². The zero-order chi connectivity index (χ0) is 9.14. The molecular formula is C8H3F2NO. The van der Waals surface area contributed by atoms with Gasteiger partial charge in [-0.05, 0) is 12.1 Å². The SMILES string of the molecule is N#CC(=O)c1c(F)cccc1F.